The number of rotatable bonds is 4. The lowest BCUT2D eigenvalue weighted by atomic mass is 10.1. The Morgan fingerprint density at radius 3 is 2.29 bits per heavy atom. The highest BCUT2D eigenvalue weighted by atomic mass is 35.5. The maximum atomic E-state index is 13.3. The molecule has 0 atom stereocenters. The molecule has 1 aliphatic heterocycles. The molecule has 5 nitrogen and oxygen atoms in total. The molecule has 34 heavy (non-hydrogen) atoms. The van der Waals surface area contributed by atoms with Crippen LogP contribution in [0.5, 0.6) is 0 Å². The predicted molar refractivity (Wildman–Crippen MR) is 138 cm³/mol. The van der Waals surface area contributed by atoms with Gasteiger partial charge in [-0.2, -0.15) is 0 Å². The fourth-order valence-corrected chi connectivity index (χ4v) is 4.83. The highest BCUT2D eigenvalue weighted by Gasteiger charge is 2.35. The number of amides is 2. The minimum absolute atomic E-state index is 0.0607. The van der Waals surface area contributed by atoms with Gasteiger partial charge in [0.1, 0.15) is 0 Å². The lowest BCUT2D eigenvalue weighted by Gasteiger charge is -2.32. The first kappa shape index (κ1) is 24.7. The third-order valence-corrected chi connectivity index (χ3v) is 6.97. The van der Waals surface area contributed by atoms with Gasteiger partial charge in [-0.1, -0.05) is 55.8 Å². The minimum atomic E-state index is -0.0607. The molecule has 182 valence electrons. The van der Waals surface area contributed by atoms with E-state index in [1.54, 1.807) is 0 Å². The van der Waals surface area contributed by atoms with Crippen molar-refractivity contribution in [2.45, 2.75) is 52.6 Å². The second-order valence-corrected chi connectivity index (χ2v) is 10.4. The van der Waals surface area contributed by atoms with Gasteiger partial charge >= 0.3 is 0 Å². The SMILES string of the molecule is CC(C)C(=O)N1CCCN(Cc2ccc(Cl)cc2)CCCN(C(=O)C2CC2)c2ccccc2C1. The molecule has 0 aromatic heterocycles. The van der Waals surface area contributed by atoms with Crippen molar-refractivity contribution in [1.29, 1.82) is 0 Å². The summed E-state index contributed by atoms with van der Waals surface area (Å²) in [5, 5.41) is 0.744. The fourth-order valence-electron chi connectivity index (χ4n) is 4.70. The number of para-hydroxylation sites is 1. The summed E-state index contributed by atoms with van der Waals surface area (Å²) in [6, 6.07) is 16.1. The van der Waals surface area contributed by atoms with Crippen LogP contribution >= 0.6 is 11.6 Å². The van der Waals surface area contributed by atoms with Crippen LogP contribution in [0.4, 0.5) is 5.69 Å². The topological polar surface area (TPSA) is 43.9 Å². The molecule has 6 heteroatoms. The molecule has 0 radical (unpaired) electrons. The number of anilines is 1. The summed E-state index contributed by atoms with van der Waals surface area (Å²) >= 11 is 6.08. The molecule has 1 saturated carbocycles. The average Bonchev–Trinajstić information content (AvgIpc) is 3.67. The summed E-state index contributed by atoms with van der Waals surface area (Å²) in [7, 11) is 0. The molecule has 2 aliphatic rings. The number of hydrogen-bond acceptors (Lipinski definition) is 3. The third-order valence-electron chi connectivity index (χ3n) is 6.72. The lowest BCUT2D eigenvalue weighted by molar-refractivity contribution is -0.135. The summed E-state index contributed by atoms with van der Waals surface area (Å²) in [5.74, 6) is 0.487. The van der Waals surface area contributed by atoms with E-state index < -0.39 is 0 Å². The first-order valence-electron chi connectivity index (χ1n) is 12.6. The summed E-state index contributed by atoms with van der Waals surface area (Å²) in [6.07, 6.45) is 3.80. The van der Waals surface area contributed by atoms with Gasteiger partial charge in [-0.15, -0.1) is 0 Å². The summed E-state index contributed by atoms with van der Waals surface area (Å²) in [5.41, 5.74) is 3.25. The largest absolute Gasteiger partial charge is 0.338 e. The summed E-state index contributed by atoms with van der Waals surface area (Å²) in [6.45, 7) is 8.50. The van der Waals surface area contributed by atoms with Crippen molar-refractivity contribution in [3.05, 3.63) is 64.7 Å². The fraction of sp³-hybridized carbons (Fsp3) is 0.500. The number of halogens is 1. The van der Waals surface area contributed by atoms with Crippen molar-refractivity contribution in [2.24, 2.45) is 11.8 Å². The molecule has 1 aliphatic carbocycles. The smallest absolute Gasteiger partial charge is 0.230 e. The number of carbonyl (C=O) groups excluding carboxylic acids is 2. The van der Waals surface area contributed by atoms with E-state index in [1.807, 2.05) is 54.0 Å². The van der Waals surface area contributed by atoms with Gasteiger partial charge < -0.3 is 9.80 Å². The molecule has 1 heterocycles. The van der Waals surface area contributed by atoms with Crippen molar-refractivity contribution in [3.63, 3.8) is 0 Å². The van der Waals surface area contributed by atoms with Crippen LogP contribution in [0, 0.1) is 11.8 Å². The van der Waals surface area contributed by atoms with E-state index in [2.05, 4.69) is 23.1 Å². The highest BCUT2D eigenvalue weighted by molar-refractivity contribution is 6.30. The van der Waals surface area contributed by atoms with Gasteiger partial charge in [0.15, 0.2) is 0 Å². The second kappa shape index (κ2) is 11.4. The van der Waals surface area contributed by atoms with Crippen molar-refractivity contribution in [2.75, 3.05) is 31.1 Å². The standard InChI is InChI=1S/C28H36ClN3O2/c1-21(2)27(33)31-17-5-15-30(19-22-9-13-25(29)14-10-22)16-6-18-32(28(34)23-11-12-23)26-8-4-3-7-24(26)20-31/h3-4,7-10,13-14,21,23H,5-6,11-12,15-20H2,1-2H3. The van der Waals surface area contributed by atoms with Gasteiger partial charge in [0, 0.05) is 61.8 Å². The van der Waals surface area contributed by atoms with Crippen molar-refractivity contribution in [3.8, 4) is 0 Å². The number of hydrogen-bond donors (Lipinski definition) is 0. The summed E-state index contributed by atoms with van der Waals surface area (Å²) < 4.78 is 0. The molecule has 2 aromatic carbocycles. The van der Waals surface area contributed by atoms with Crippen LogP contribution in [-0.4, -0.2) is 47.8 Å². The first-order valence-corrected chi connectivity index (χ1v) is 12.9. The Bertz CT molecular complexity index is 987. The van der Waals surface area contributed by atoms with Gasteiger partial charge in [0.25, 0.3) is 0 Å². The second-order valence-electron chi connectivity index (χ2n) is 9.92. The Morgan fingerprint density at radius 1 is 0.941 bits per heavy atom. The van der Waals surface area contributed by atoms with E-state index in [-0.39, 0.29) is 23.7 Å². The molecule has 4 rings (SSSR count). The van der Waals surface area contributed by atoms with Gasteiger partial charge in [0.05, 0.1) is 0 Å². The van der Waals surface area contributed by atoms with E-state index in [9.17, 15) is 9.59 Å². The van der Waals surface area contributed by atoms with Crippen molar-refractivity contribution >= 4 is 29.1 Å². The van der Waals surface area contributed by atoms with Crippen LogP contribution in [0.3, 0.4) is 0 Å². The van der Waals surface area contributed by atoms with E-state index in [0.717, 1.165) is 61.6 Å². The Balaban J connectivity index is 1.60. The van der Waals surface area contributed by atoms with E-state index in [1.165, 1.54) is 5.56 Å². The molecule has 0 unspecified atom stereocenters. The first-order chi connectivity index (χ1) is 16.4. The highest BCUT2D eigenvalue weighted by Crippen LogP contribution is 2.34. The number of carbonyl (C=O) groups is 2. The molecule has 0 spiro atoms. The van der Waals surface area contributed by atoms with E-state index >= 15 is 0 Å². The van der Waals surface area contributed by atoms with Crippen molar-refractivity contribution in [1.82, 2.24) is 9.80 Å². The van der Waals surface area contributed by atoms with Gasteiger partial charge in [-0.3, -0.25) is 14.5 Å². The van der Waals surface area contributed by atoms with Gasteiger partial charge in [-0.05, 0) is 55.0 Å². The molecule has 2 aromatic rings. The maximum Gasteiger partial charge on any atom is 0.230 e. The molecule has 1 fully saturated rings. The number of benzene rings is 2. The van der Waals surface area contributed by atoms with Crippen LogP contribution < -0.4 is 4.90 Å². The molecule has 0 bridgehead atoms. The van der Waals surface area contributed by atoms with Crippen LogP contribution in [0.2, 0.25) is 5.02 Å². The van der Waals surface area contributed by atoms with Gasteiger partial charge in [0.2, 0.25) is 11.8 Å². The molecule has 0 N–H and O–H groups in total. The number of nitrogens with zero attached hydrogens (tertiary/aromatic N) is 3. The quantitative estimate of drug-likeness (QED) is 0.590. The Kier molecular flexibility index (Phi) is 8.28. The van der Waals surface area contributed by atoms with Crippen LogP contribution in [-0.2, 0) is 22.7 Å². The van der Waals surface area contributed by atoms with Crippen LogP contribution in [0.1, 0.15) is 50.7 Å². The molecular formula is C28H36ClN3O2. The third kappa shape index (κ3) is 6.39. The van der Waals surface area contributed by atoms with E-state index in [0.29, 0.717) is 19.6 Å². The minimum Gasteiger partial charge on any atom is -0.338 e. The monoisotopic (exact) mass is 481 g/mol. The molecule has 2 amide bonds. The zero-order valence-corrected chi connectivity index (χ0v) is 21.1. The van der Waals surface area contributed by atoms with E-state index in [4.69, 9.17) is 11.6 Å². The molecule has 0 saturated heterocycles. The van der Waals surface area contributed by atoms with Gasteiger partial charge in [-0.25, -0.2) is 0 Å². The zero-order valence-electron chi connectivity index (χ0n) is 20.4. The predicted octanol–water partition coefficient (Wildman–Crippen LogP) is 5.36. The Labute approximate surface area is 208 Å². The lowest BCUT2D eigenvalue weighted by Crippen LogP contribution is -2.40. The number of fused-ring (bicyclic) bond motifs is 1. The normalized spacial score (nSPS) is 18.2. The zero-order chi connectivity index (χ0) is 24.1. The Morgan fingerprint density at radius 2 is 1.62 bits per heavy atom. The molecular weight excluding hydrogens is 446 g/mol. The van der Waals surface area contributed by atoms with Crippen LogP contribution in [0.15, 0.2) is 48.5 Å². The van der Waals surface area contributed by atoms with Crippen LogP contribution in [0.25, 0.3) is 0 Å². The summed E-state index contributed by atoms with van der Waals surface area (Å²) in [4.78, 5) is 32.8. The average molecular weight is 482 g/mol. The maximum absolute atomic E-state index is 13.3. The Hall–Kier alpha value is -2.37. The van der Waals surface area contributed by atoms with Crippen molar-refractivity contribution < 1.29 is 9.59 Å².